The van der Waals surface area contributed by atoms with Crippen molar-refractivity contribution < 1.29 is 37.3 Å². The summed E-state index contributed by atoms with van der Waals surface area (Å²) in [7, 11) is 3.40. The van der Waals surface area contributed by atoms with Crippen molar-refractivity contribution in [1.82, 2.24) is 29.4 Å². The highest BCUT2D eigenvalue weighted by atomic mass is 35.5. The fraction of sp³-hybridized carbons (Fsp3) is 0.400. The number of nitrogens with zero attached hydrogens (tertiary/aromatic N) is 6. The highest BCUT2D eigenvalue weighted by molar-refractivity contribution is 6.18. The third-order valence-corrected chi connectivity index (χ3v) is 5.06. The topological polar surface area (TPSA) is 71.6 Å². The predicted molar refractivity (Wildman–Crippen MR) is 166 cm³/mol. The lowest BCUT2D eigenvalue weighted by molar-refractivity contribution is 0.0638. The van der Waals surface area contributed by atoms with Gasteiger partial charge in [0.25, 0.3) is 0 Å². The van der Waals surface area contributed by atoms with Crippen molar-refractivity contribution in [2.75, 3.05) is 53.3 Å². The van der Waals surface area contributed by atoms with Gasteiger partial charge in [0.1, 0.15) is 12.2 Å². The average molecular weight is 612 g/mol. The van der Waals surface area contributed by atoms with Crippen molar-refractivity contribution in [1.29, 1.82) is 0 Å². The molecule has 2 atom stereocenters. The number of halogens is 2. The molecule has 10 heteroatoms. The van der Waals surface area contributed by atoms with Crippen LogP contribution >= 0.6 is 24.0 Å². The van der Waals surface area contributed by atoms with Crippen molar-refractivity contribution in [3.63, 3.8) is 0 Å². The first-order valence-corrected chi connectivity index (χ1v) is 11.6. The minimum atomic E-state index is -3.53. The fourth-order valence-electron chi connectivity index (χ4n) is 3.20. The van der Waals surface area contributed by atoms with Gasteiger partial charge < -0.3 is 19.6 Å². The summed E-state index contributed by atoms with van der Waals surface area (Å²) in [6, 6.07) is 21.2. The zero-order valence-electron chi connectivity index (χ0n) is 41.6. The molecule has 2 aromatic carbocycles. The van der Waals surface area contributed by atoms with Gasteiger partial charge in [0.2, 0.25) is 0 Å². The van der Waals surface area contributed by atoms with Crippen LogP contribution in [0.3, 0.4) is 0 Å². The van der Waals surface area contributed by atoms with Crippen molar-refractivity contribution in [2.45, 2.75) is 12.2 Å². The first-order valence-electron chi connectivity index (χ1n) is 21.2. The molecule has 2 aromatic heterocycles. The van der Waals surface area contributed by atoms with E-state index in [2.05, 4.69) is 10.2 Å². The summed E-state index contributed by atoms with van der Waals surface area (Å²) in [5, 5.41) is 18.0. The summed E-state index contributed by atoms with van der Waals surface area (Å²) in [6.07, 6.45) is 1.35. The van der Waals surface area contributed by atoms with Crippen LogP contribution in [0, 0.1) is 0 Å². The number of aromatic nitrogens is 4. The van der Waals surface area contributed by atoms with Gasteiger partial charge in [-0.1, -0.05) is 60.7 Å². The van der Waals surface area contributed by atoms with E-state index in [4.69, 9.17) is 43.8 Å². The number of benzene rings is 2. The number of hydrogen-bond donors (Lipinski definition) is 1. The molecule has 8 nitrogen and oxygen atoms in total. The Balaban J connectivity index is 0.000000490. The van der Waals surface area contributed by atoms with Crippen molar-refractivity contribution in [3.05, 3.63) is 108 Å². The Labute approximate surface area is 278 Å². The summed E-state index contributed by atoms with van der Waals surface area (Å²) < 4.78 is 155. The van der Waals surface area contributed by atoms with Gasteiger partial charge in [-0.25, -0.2) is 0 Å². The van der Waals surface area contributed by atoms with Gasteiger partial charge in [0.05, 0.1) is 20.7 Å². The number of rotatable bonds is 10. The molecule has 0 aliphatic carbocycles. The summed E-state index contributed by atoms with van der Waals surface area (Å²) >= 11 is 5.05. The van der Waals surface area contributed by atoms with Crippen LogP contribution in [0.2, 0.25) is 0 Å². The summed E-state index contributed by atoms with van der Waals surface area (Å²) in [5.74, 6) is -3.16. The SMILES string of the molecule is Cl.Cn1nccc1C(O)c1ccccc1.[2H]C([2H])([2H])N(C([2H])([2H])[2H])C([2H])([2H])C([2H])([2H])Cl.[2H]C([2H])([2H])N(C([2H])([2H])[2H])C([2H])([2H])C([2H])([2H])OC(c1ccccc1)c1ccnn1C. The molecule has 220 valence electrons. The van der Waals surface area contributed by atoms with E-state index in [1.165, 1.54) is 16.9 Å². The smallest absolute Gasteiger partial charge is 0.124 e. The summed E-state index contributed by atoms with van der Waals surface area (Å²) in [5.41, 5.74) is 2.50. The van der Waals surface area contributed by atoms with Crippen LogP contribution in [-0.2, 0) is 18.8 Å². The normalized spacial score (nSPS) is 22.1. The molecular weight excluding hydrogens is 547 g/mol. The Morgan fingerprint density at radius 1 is 0.825 bits per heavy atom. The van der Waals surface area contributed by atoms with E-state index in [1.54, 1.807) is 48.3 Å². The molecule has 0 spiro atoms. The van der Waals surface area contributed by atoms with E-state index in [-0.39, 0.29) is 12.4 Å². The molecule has 2 unspecified atom stereocenters. The Morgan fingerprint density at radius 2 is 1.32 bits per heavy atom. The molecule has 0 saturated heterocycles. The number of aryl methyl sites for hydroxylation is 2. The van der Waals surface area contributed by atoms with Gasteiger partial charge >= 0.3 is 0 Å². The second-order valence-electron chi connectivity index (χ2n) is 7.57. The van der Waals surface area contributed by atoms with Gasteiger partial charge in [0.15, 0.2) is 0 Å². The van der Waals surface area contributed by atoms with Crippen molar-refractivity contribution in [3.8, 4) is 0 Å². The monoisotopic (exact) mass is 610 g/mol. The Bertz CT molecular complexity index is 1870. The first-order chi connectivity index (χ1) is 26.5. The van der Waals surface area contributed by atoms with E-state index >= 15 is 0 Å². The van der Waals surface area contributed by atoms with Gasteiger partial charge in [0, 0.05) is 70.0 Å². The molecule has 0 amide bonds. The number of alkyl halides is 1. The maximum absolute atomic E-state index is 10.0. The van der Waals surface area contributed by atoms with Crippen LogP contribution < -0.4 is 0 Å². The Kier molecular flexibility index (Phi) is 7.24. The number of aliphatic hydroxyl groups is 1. The molecule has 0 aliphatic heterocycles. The van der Waals surface area contributed by atoms with E-state index in [0.29, 0.717) is 11.3 Å². The maximum atomic E-state index is 10.0. The molecule has 1 N–H and O–H groups in total. The van der Waals surface area contributed by atoms with Crippen LogP contribution in [0.25, 0.3) is 0 Å². The Morgan fingerprint density at radius 3 is 1.77 bits per heavy atom. The Hall–Kier alpha value is -2.72. The minimum Gasteiger partial charge on any atom is -0.382 e. The third kappa shape index (κ3) is 12.2. The van der Waals surface area contributed by atoms with Gasteiger partial charge in [-0.2, -0.15) is 10.2 Å². The lowest BCUT2D eigenvalue weighted by atomic mass is 10.1. The molecule has 4 aromatic rings. The van der Waals surface area contributed by atoms with E-state index in [1.807, 2.05) is 43.4 Å². The highest BCUT2D eigenvalue weighted by Crippen LogP contribution is 2.25. The van der Waals surface area contributed by atoms with Crippen LogP contribution in [0.15, 0.2) is 85.2 Å². The number of ether oxygens (including phenoxy) is 1. The largest absolute Gasteiger partial charge is 0.382 e. The standard InChI is InChI=1S/C15H21N3O.C11H12N2O.C4H10ClN.ClH/c1-17(2)11-12-19-15(13-7-5-4-6-8-13)14-9-10-16-18(14)3;1-13-10(7-8-12-13)11(14)9-5-3-2-4-6-9;1-6(2)4-3-5;/h4-10,15H,11-12H2,1-3H3;2-8,11,14H,1H3;3-4H2,1-2H3;1H/i1D3,2D3,11D2,12D2;;1D3,2D3,3D2,4D2;. The number of aliphatic hydroxyl groups excluding tert-OH is 1. The zero-order chi connectivity index (χ0) is 45.8. The lowest BCUT2D eigenvalue weighted by Gasteiger charge is -2.20. The average Bonchev–Trinajstić information content (AvgIpc) is 3.68. The molecular formula is C30H44Cl2N6O2. The van der Waals surface area contributed by atoms with E-state index in [0.717, 1.165) is 11.3 Å². The molecule has 0 radical (unpaired) electrons. The molecule has 0 fully saturated rings. The molecule has 0 aliphatic rings. The van der Waals surface area contributed by atoms with Crippen LogP contribution in [-0.4, -0.2) is 87.8 Å². The maximum Gasteiger partial charge on any atom is 0.124 e. The van der Waals surface area contributed by atoms with Crippen LogP contribution in [0.5, 0.6) is 0 Å². The fourth-order valence-corrected chi connectivity index (χ4v) is 3.28. The van der Waals surface area contributed by atoms with E-state index < -0.39 is 75.3 Å². The molecule has 4 rings (SSSR count). The second-order valence-corrected chi connectivity index (χ2v) is 7.76. The highest BCUT2D eigenvalue weighted by Gasteiger charge is 2.17. The van der Waals surface area contributed by atoms with Crippen LogP contribution in [0.4, 0.5) is 0 Å². The summed E-state index contributed by atoms with van der Waals surface area (Å²) in [6.45, 7) is -23.8. The van der Waals surface area contributed by atoms with Crippen molar-refractivity contribution in [2.24, 2.45) is 14.1 Å². The zero-order valence-corrected chi connectivity index (χ0v) is 23.1. The first kappa shape index (κ1) is 15.0. The molecule has 2 heterocycles. The van der Waals surface area contributed by atoms with Gasteiger partial charge in [-0.05, 0) is 51.2 Å². The lowest BCUT2D eigenvalue weighted by Crippen LogP contribution is -2.20. The minimum absolute atomic E-state index is 0. The molecule has 40 heavy (non-hydrogen) atoms. The molecule has 0 saturated carbocycles. The van der Waals surface area contributed by atoms with Gasteiger partial charge in [-0.3, -0.25) is 9.36 Å². The van der Waals surface area contributed by atoms with E-state index in [9.17, 15) is 5.11 Å². The predicted octanol–water partition coefficient (Wildman–Crippen LogP) is 4.80. The molecule has 0 bridgehead atoms. The number of hydrogen-bond acceptors (Lipinski definition) is 6. The summed E-state index contributed by atoms with van der Waals surface area (Å²) in [4.78, 5) is -0.988. The third-order valence-electron chi connectivity index (χ3n) is 4.97. The second kappa shape index (κ2) is 19.4. The number of likely N-dealkylation sites (N-methyl/N-ethyl adjacent to an activating group) is 1. The van der Waals surface area contributed by atoms with Gasteiger partial charge in [-0.15, -0.1) is 24.0 Å². The van der Waals surface area contributed by atoms with Crippen LogP contribution in [0.1, 0.15) is 62.1 Å². The quantitative estimate of drug-likeness (QED) is 0.260. The van der Waals surface area contributed by atoms with Crippen molar-refractivity contribution >= 4 is 24.0 Å².